The van der Waals surface area contributed by atoms with Gasteiger partial charge in [-0.1, -0.05) is 127 Å². The minimum absolute atomic E-state index is 0.546. The van der Waals surface area contributed by atoms with Gasteiger partial charge in [0.1, 0.15) is 11.3 Å². The molecule has 0 N–H and O–H groups in total. The second-order valence-electron chi connectivity index (χ2n) is 14.0. The third-order valence-corrected chi connectivity index (χ3v) is 11.0. The van der Waals surface area contributed by atoms with Crippen LogP contribution in [0.25, 0.3) is 111 Å². The van der Waals surface area contributed by atoms with E-state index >= 15 is 0 Å². The standard InChI is InChI=1S/C49H29N5O/c1-2-14-30(15-3-1)47-50-48(52-49(51-47)54-41-23-11-6-18-33(41)34-19-7-12-24-42(34)54)38-27-26-37-36-21-9-13-25-44(36)55-46(37)45(38)53-40-22-10-8-20-35(40)39-28-31-16-4-5-17-32(31)29-43(39)53/h1-29H. The number of furan rings is 1. The SMILES string of the molecule is c1ccc(-c2nc(-c3ccc4c(oc5ccccc54)c3-n3c4ccccc4c4cc5ccccc5cc43)nc(-n3c4ccccc4c4ccccc43)n2)cc1. The molecule has 12 aromatic rings. The molecule has 12 rings (SSSR count). The van der Waals surface area contributed by atoms with Crippen LogP contribution in [0.1, 0.15) is 0 Å². The van der Waals surface area contributed by atoms with Gasteiger partial charge in [0.25, 0.3) is 0 Å². The summed E-state index contributed by atoms with van der Waals surface area (Å²) in [6, 6.07) is 61.4. The summed E-state index contributed by atoms with van der Waals surface area (Å²) in [7, 11) is 0. The van der Waals surface area contributed by atoms with Crippen LogP contribution in [0.15, 0.2) is 180 Å². The van der Waals surface area contributed by atoms with Gasteiger partial charge in [0.15, 0.2) is 17.2 Å². The van der Waals surface area contributed by atoms with Gasteiger partial charge in [-0.15, -0.1) is 0 Å². The zero-order valence-corrected chi connectivity index (χ0v) is 29.4. The topological polar surface area (TPSA) is 61.7 Å². The molecular formula is C49H29N5O. The van der Waals surface area contributed by atoms with Gasteiger partial charge >= 0.3 is 0 Å². The summed E-state index contributed by atoms with van der Waals surface area (Å²) >= 11 is 0. The fourth-order valence-electron chi connectivity index (χ4n) is 8.51. The van der Waals surface area contributed by atoms with Crippen molar-refractivity contribution < 1.29 is 4.42 Å². The summed E-state index contributed by atoms with van der Waals surface area (Å²) in [6.07, 6.45) is 0. The second-order valence-corrected chi connectivity index (χ2v) is 14.0. The molecule has 0 amide bonds. The molecule has 6 nitrogen and oxygen atoms in total. The molecule has 4 heterocycles. The summed E-state index contributed by atoms with van der Waals surface area (Å²) in [5, 5.41) is 9.06. The molecule has 55 heavy (non-hydrogen) atoms. The summed E-state index contributed by atoms with van der Waals surface area (Å²) in [4.78, 5) is 15.9. The lowest BCUT2D eigenvalue weighted by Gasteiger charge is -2.16. The van der Waals surface area contributed by atoms with Gasteiger partial charge in [-0.05, 0) is 59.3 Å². The summed E-state index contributed by atoms with van der Waals surface area (Å²) in [5.41, 5.74) is 8.43. The first-order valence-electron chi connectivity index (χ1n) is 18.5. The Balaban J connectivity index is 1.24. The number of nitrogens with zero attached hydrogens (tertiary/aromatic N) is 5. The molecule has 0 radical (unpaired) electrons. The first-order valence-corrected chi connectivity index (χ1v) is 18.5. The first-order chi connectivity index (χ1) is 27.3. The molecule has 0 atom stereocenters. The van der Waals surface area contributed by atoms with Gasteiger partial charge in [-0.2, -0.15) is 9.97 Å². The van der Waals surface area contributed by atoms with Crippen LogP contribution in [0.4, 0.5) is 0 Å². The Morgan fingerprint density at radius 1 is 0.382 bits per heavy atom. The molecule has 4 aromatic heterocycles. The number of fused-ring (bicyclic) bond motifs is 10. The summed E-state index contributed by atoms with van der Waals surface area (Å²) < 4.78 is 11.4. The molecule has 0 aliphatic carbocycles. The first kappa shape index (κ1) is 29.9. The van der Waals surface area contributed by atoms with E-state index in [4.69, 9.17) is 19.4 Å². The van der Waals surface area contributed by atoms with Gasteiger partial charge in [0, 0.05) is 43.4 Å². The maximum Gasteiger partial charge on any atom is 0.238 e. The smallest absolute Gasteiger partial charge is 0.238 e. The number of hydrogen-bond acceptors (Lipinski definition) is 4. The van der Waals surface area contributed by atoms with Crippen LogP contribution in [0.3, 0.4) is 0 Å². The molecule has 0 bridgehead atoms. The largest absolute Gasteiger partial charge is 0.454 e. The highest BCUT2D eigenvalue weighted by atomic mass is 16.3. The summed E-state index contributed by atoms with van der Waals surface area (Å²) in [5.74, 6) is 1.69. The maximum atomic E-state index is 6.89. The van der Waals surface area contributed by atoms with Crippen LogP contribution in [-0.4, -0.2) is 24.1 Å². The second kappa shape index (κ2) is 11.5. The van der Waals surface area contributed by atoms with Gasteiger partial charge < -0.3 is 8.98 Å². The number of aromatic nitrogens is 5. The molecular weight excluding hydrogens is 675 g/mol. The number of hydrogen-bond donors (Lipinski definition) is 0. The van der Waals surface area contributed by atoms with Crippen LogP contribution in [-0.2, 0) is 0 Å². The van der Waals surface area contributed by atoms with Crippen molar-refractivity contribution >= 4 is 76.3 Å². The Hall–Kier alpha value is -7.57. The minimum atomic E-state index is 0.546. The van der Waals surface area contributed by atoms with E-state index < -0.39 is 0 Å². The highest BCUT2D eigenvalue weighted by Crippen LogP contribution is 2.43. The van der Waals surface area contributed by atoms with E-state index in [9.17, 15) is 0 Å². The van der Waals surface area contributed by atoms with Crippen molar-refractivity contribution in [3.8, 4) is 34.4 Å². The van der Waals surface area contributed by atoms with E-state index in [0.29, 0.717) is 17.6 Å². The highest BCUT2D eigenvalue weighted by molar-refractivity contribution is 6.17. The lowest BCUT2D eigenvalue weighted by atomic mass is 10.1. The van der Waals surface area contributed by atoms with Crippen molar-refractivity contribution in [1.82, 2.24) is 24.1 Å². The van der Waals surface area contributed by atoms with Crippen LogP contribution in [0.5, 0.6) is 0 Å². The quantitative estimate of drug-likeness (QED) is 0.183. The average Bonchev–Trinajstić information content (AvgIpc) is 3.90. The highest BCUT2D eigenvalue weighted by Gasteiger charge is 2.25. The number of benzene rings is 8. The Morgan fingerprint density at radius 2 is 0.945 bits per heavy atom. The van der Waals surface area contributed by atoms with Crippen molar-refractivity contribution in [2.75, 3.05) is 0 Å². The molecule has 8 aromatic carbocycles. The lowest BCUT2D eigenvalue weighted by Crippen LogP contribution is -2.08. The minimum Gasteiger partial charge on any atom is -0.454 e. The van der Waals surface area contributed by atoms with Gasteiger partial charge in [0.05, 0.1) is 22.1 Å². The van der Waals surface area contributed by atoms with Crippen LogP contribution in [0, 0.1) is 0 Å². The van der Waals surface area contributed by atoms with Crippen molar-refractivity contribution in [2.24, 2.45) is 0 Å². The zero-order valence-electron chi connectivity index (χ0n) is 29.4. The van der Waals surface area contributed by atoms with Crippen LogP contribution < -0.4 is 0 Å². The monoisotopic (exact) mass is 703 g/mol. The Morgan fingerprint density at radius 3 is 1.67 bits per heavy atom. The van der Waals surface area contributed by atoms with Crippen molar-refractivity contribution in [2.45, 2.75) is 0 Å². The van der Waals surface area contributed by atoms with Gasteiger partial charge in [0.2, 0.25) is 5.95 Å². The molecule has 0 aliphatic rings. The normalized spacial score (nSPS) is 12.0. The summed E-state index contributed by atoms with van der Waals surface area (Å²) in [6.45, 7) is 0. The fraction of sp³-hybridized carbons (Fsp3) is 0. The van der Waals surface area contributed by atoms with E-state index in [2.05, 4.69) is 155 Å². The average molecular weight is 704 g/mol. The molecule has 0 unspecified atom stereocenters. The molecule has 6 heteroatoms. The van der Waals surface area contributed by atoms with E-state index in [1.165, 1.54) is 10.8 Å². The van der Waals surface area contributed by atoms with Crippen LogP contribution >= 0.6 is 0 Å². The van der Waals surface area contributed by atoms with Crippen molar-refractivity contribution in [3.05, 3.63) is 176 Å². The van der Waals surface area contributed by atoms with E-state index in [-0.39, 0.29) is 0 Å². The number of rotatable bonds is 4. The molecule has 0 saturated heterocycles. The number of para-hydroxylation sites is 4. The molecule has 0 saturated carbocycles. The molecule has 0 fully saturated rings. The Kier molecular flexibility index (Phi) is 6.24. The van der Waals surface area contributed by atoms with Crippen LogP contribution in [0.2, 0.25) is 0 Å². The predicted octanol–water partition coefficient (Wildman–Crippen LogP) is 12.5. The fourth-order valence-corrected chi connectivity index (χ4v) is 8.51. The molecule has 0 aliphatic heterocycles. The maximum absolute atomic E-state index is 6.89. The Labute approximate surface area is 314 Å². The Bertz CT molecular complexity index is 3450. The third-order valence-electron chi connectivity index (χ3n) is 11.0. The van der Waals surface area contributed by atoms with Gasteiger partial charge in [-0.25, -0.2) is 4.98 Å². The van der Waals surface area contributed by atoms with E-state index in [1.807, 2.05) is 30.3 Å². The van der Waals surface area contributed by atoms with Crippen molar-refractivity contribution in [1.29, 1.82) is 0 Å². The molecule has 256 valence electrons. The van der Waals surface area contributed by atoms with Gasteiger partial charge in [-0.3, -0.25) is 4.57 Å². The molecule has 0 spiro atoms. The van der Waals surface area contributed by atoms with Crippen molar-refractivity contribution in [3.63, 3.8) is 0 Å². The lowest BCUT2D eigenvalue weighted by molar-refractivity contribution is 0.666. The zero-order chi connectivity index (χ0) is 36.0. The van der Waals surface area contributed by atoms with E-state index in [0.717, 1.165) is 82.4 Å². The predicted molar refractivity (Wildman–Crippen MR) is 224 cm³/mol. The third kappa shape index (κ3) is 4.39. The van der Waals surface area contributed by atoms with E-state index in [1.54, 1.807) is 0 Å².